The molecular formula is C25H35N3O3. The number of rotatable bonds is 5. The average Bonchev–Trinajstić information content (AvgIpc) is 3.22. The quantitative estimate of drug-likeness (QED) is 0.787. The summed E-state index contributed by atoms with van der Waals surface area (Å²) in [7, 11) is 0. The van der Waals surface area contributed by atoms with Gasteiger partial charge in [0.2, 0.25) is 17.7 Å². The minimum atomic E-state index is -0.237. The number of likely N-dealkylation sites (tertiary alicyclic amines) is 1. The fourth-order valence-electron chi connectivity index (χ4n) is 5.55. The Balaban J connectivity index is 1.44. The van der Waals surface area contributed by atoms with Gasteiger partial charge >= 0.3 is 0 Å². The van der Waals surface area contributed by atoms with Crippen LogP contribution in [0.2, 0.25) is 0 Å². The molecule has 2 fully saturated rings. The van der Waals surface area contributed by atoms with E-state index in [-0.39, 0.29) is 35.6 Å². The van der Waals surface area contributed by atoms with Crippen LogP contribution in [0.25, 0.3) is 0 Å². The van der Waals surface area contributed by atoms with Crippen molar-refractivity contribution < 1.29 is 14.4 Å². The number of nitrogens with zero attached hydrogens (tertiary/aromatic N) is 2. The first-order chi connectivity index (χ1) is 15.1. The lowest BCUT2D eigenvalue weighted by molar-refractivity contribution is -0.144. The molecule has 1 saturated heterocycles. The van der Waals surface area contributed by atoms with Crippen LogP contribution in [0, 0.1) is 11.8 Å². The third kappa shape index (κ3) is 4.78. The standard InChI is InChI=1S/C25H35N3O3/c1-2-8-23(29)26-19-10-7-15-27(17-19)24(30)20-11-4-5-12-21(20)25(31)28-16-14-18-9-3-6-13-22(18)28/h3,6,9,13,19-21H,2,4-5,7-8,10-12,14-17H2,1H3,(H,26,29). The number of hydrogen-bond donors (Lipinski definition) is 1. The molecule has 1 N–H and O–H groups in total. The van der Waals surface area contributed by atoms with Gasteiger partial charge in [0.15, 0.2) is 0 Å². The molecule has 6 nitrogen and oxygen atoms in total. The van der Waals surface area contributed by atoms with Crippen LogP contribution in [0.5, 0.6) is 0 Å². The van der Waals surface area contributed by atoms with E-state index in [0.29, 0.717) is 19.5 Å². The molecule has 0 bridgehead atoms. The van der Waals surface area contributed by atoms with Crippen LogP contribution >= 0.6 is 0 Å². The summed E-state index contributed by atoms with van der Waals surface area (Å²) in [6, 6.07) is 8.14. The van der Waals surface area contributed by atoms with Crippen molar-refractivity contribution in [3.63, 3.8) is 0 Å². The Morgan fingerprint density at radius 2 is 1.71 bits per heavy atom. The fraction of sp³-hybridized carbons (Fsp3) is 0.640. The maximum atomic E-state index is 13.5. The molecule has 0 radical (unpaired) electrons. The van der Waals surface area contributed by atoms with E-state index in [1.54, 1.807) is 0 Å². The van der Waals surface area contributed by atoms with Gasteiger partial charge in [-0.2, -0.15) is 0 Å². The highest BCUT2D eigenvalue weighted by Crippen LogP contribution is 2.37. The van der Waals surface area contributed by atoms with E-state index in [1.165, 1.54) is 5.56 Å². The van der Waals surface area contributed by atoms with Gasteiger partial charge in [0.05, 0.1) is 5.92 Å². The number of anilines is 1. The molecule has 1 aliphatic carbocycles. The molecule has 3 amide bonds. The molecule has 1 aromatic carbocycles. The van der Waals surface area contributed by atoms with Gasteiger partial charge in [-0.15, -0.1) is 0 Å². The highest BCUT2D eigenvalue weighted by Gasteiger charge is 2.41. The van der Waals surface area contributed by atoms with Gasteiger partial charge in [0, 0.05) is 43.7 Å². The Hall–Kier alpha value is -2.37. The number of para-hydroxylation sites is 1. The van der Waals surface area contributed by atoms with E-state index in [9.17, 15) is 14.4 Å². The van der Waals surface area contributed by atoms with Crippen molar-refractivity contribution in [3.05, 3.63) is 29.8 Å². The number of amides is 3. The van der Waals surface area contributed by atoms with Crippen LogP contribution < -0.4 is 10.2 Å². The Kier molecular flexibility index (Phi) is 6.93. The molecule has 4 rings (SSSR count). The van der Waals surface area contributed by atoms with Crippen LogP contribution in [0.4, 0.5) is 5.69 Å². The smallest absolute Gasteiger partial charge is 0.230 e. The molecule has 168 valence electrons. The molecule has 1 aromatic rings. The number of carbonyl (C=O) groups excluding carboxylic acids is 3. The average molecular weight is 426 g/mol. The largest absolute Gasteiger partial charge is 0.352 e. The molecule has 0 aromatic heterocycles. The second kappa shape index (κ2) is 9.84. The lowest BCUT2D eigenvalue weighted by atomic mass is 9.77. The molecule has 2 heterocycles. The van der Waals surface area contributed by atoms with E-state index >= 15 is 0 Å². The first-order valence-corrected chi connectivity index (χ1v) is 12.1. The maximum absolute atomic E-state index is 13.5. The number of piperidine rings is 1. The SMILES string of the molecule is CCCC(=O)NC1CCCN(C(=O)C2CCCCC2C(=O)N2CCc3ccccc32)C1. The Bertz CT molecular complexity index is 824. The van der Waals surface area contributed by atoms with Crippen LogP contribution in [0.1, 0.15) is 63.9 Å². The summed E-state index contributed by atoms with van der Waals surface area (Å²) in [4.78, 5) is 42.9. The zero-order valence-electron chi connectivity index (χ0n) is 18.6. The second-order valence-corrected chi connectivity index (χ2v) is 9.31. The number of nitrogens with one attached hydrogen (secondary N) is 1. The third-order valence-corrected chi connectivity index (χ3v) is 7.13. The summed E-state index contributed by atoms with van der Waals surface area (Å²) in [5.74, 6) is -0.172. The first kappa shape index (κ1) is 21.8. The van der Waals surface area contributed by atoms with Gasteiger partial charge in [-0.25, -0.2) is 0 Å². The van der Waals surface area contributed by atoms with Gasteiger partial charge in [0.1, 0.15) is 0 Å². The van der Waals surface area contributed by atoms with E-state index < -0.39 is 0 Å². The fourth-order valence-corrected chi connectivity index (χ4v) is 5.55. The minimum Gasteiger partial charge on any atom is -0.352 e. The number of hydrogen-bond acceptors (Lipinski definition) is 3. The number of fused-ring (bicyclic) bond motifs is 1. The molecule has 3 atom stereocenters. The van der Waals surface area contributed by atoms with Crippen LogP contribution in [-0.4, -0.2) is 48.3 Å². The summed E-state index contributed by atoms with van der Waals surface area (Å²) >= 11 is 0. The molecule has 0 spiro atoms. The minimum absolute atomic E-state index is 0.0277. The van der Waals surface area contributed by atoms with Crippen molar-refractivity contribution in [1.29, 1.82) is 0 Å². The molecule has 1 saturated carbocycles. The van der Waals surface area contributed by atoms with Crippen molar-refractivity contribution in [3.8, 4) is 0 Å². The molecule has 31 heavy (non-hydrogen) atoms. The van der Waals surface area contributed by atoms with E-state index in [0.717, 1.165) is 63.6 Å². The highest BCUT2D eigenvalue weighted by molar-refractivity contribution is 5.99. The molecule has 3 unspecified atom stereocenters. The van der Waals surface area contributed by atoms with Crippen LogP contribution in [0.3, 0.4) is 0 Å². The predicted molar refractivity (Wildman–Crippen MR) is 121 cm³/mol. The summed E-state index contributed by atoms with van der Waals surface area (Å²) in [5, 5.41) is 3.09. The lowest BCUT2D eigenvalue weighted by Gasteiger charge is -2.39. The first-order valence-electron chi connectivity index (χ1n) is 12.1. The molecular weight excluding hydrogens is 390 g/mol. The van der Waals surface area contributed by atoms with Crippen molar-refractivity contribution in [2.24, 2.45) is 11.8 Å². The Morgan fingerprint density at radius 3 is 2.48 bits per heavy atom. The molecule has 3 aliphatic rings. The van der Waals surface area contributed by atoms with Gasteiger partial charge in [-0.1, -0.05) is 38.0 Å². The van der Waals surface area contributed by atoms with Crippen LogP contribution in [0.15, 0.2) is 24.3 Å². The number of carbonyl (C=O) groups is 3. The molecule has 6 heteroatoms. The van der Waals surface area contributed by atoms with Gasteiger partial charge in [-0.05, 0) is 50.2 Å². The predicted octanol–water partition coefficient (Wildman–Crippen LogP) is 3.29. The van der Waals surface area contributed by atoms with Crippen molar-refractivity contribution in [1.82, 2.24) is 10.2 Å². The topological polar surface area (TPSA) is 69.7 Å². The summed E-state index contributed by atoms with van der Waals surface area (Å²) in [6.07, 6.45) is 7.63. The second-order valence-electron chi connectivity index (χ2n) is 9.31. The third-order valence-electron chi connectivity index (χ3n) is 7.13. The number of benzene rings is 1. The van der Waals surface area contributed by atoms with Crippen LogP contribution in [-0.2, 0) is 20.8 Å². The van der Waals surface area contributed by atoms with E-state index in [1.807, 2.05) is 34.9 Å². The maximum Gasteiger partial charge on any atom is 0.230 e. The Labute approximate surface area is 185 Å². The zero-order valence-corrected chi connectivity index (χ0v) is 18.6. The van der Waals surface area contributed by atoms with Gasteiger partial charge < -0.3 is 15.1 Å². The van der Waals surface area contributed by atoms with Crippen molar-refractivity contribution >= 4 is 23.4 Å². The summed E-state index contributed by atoms with van der Waals surface area (Å²) < 4.78 is 0. The van der Waals surface area contributed by atoms with Crippen molar-refractivity contribution in [2.45, 2.75) is 70.8 Å². The monoisotopic (exact) mass is 425 g/mol. The van der Waals surface area contributed by atoms with Gasteiger partial charge in [-0.3, -0.25) is 14.4 Å². The summed E-state index contributed by atoms with van der Waals surface area (Å²) in [5.41, 5.74) is 2.23. The lowest BCUT2D eigenvalue weighted by Crippen LogP contribution is -2.53. The van der Waals surface area contributed by atoms with E-state index in [2.05, 4.69) is 11.4 Å². The van der Waals surface area contributed by atoms with Crippen molar-refractivity contribution in [2.75, 3.05) is 24.5 Å². The normalized spacial score (nSPS) is 25.8. The highest BCUT2D eigenvalue weighted by atomic mass is 16.2. The molecule has 2 aliphatic heterocycles. The van der Waals surface area contributed by atoms with Gasteiger partial charge in [0.25, 0.3) is 0 Å². The zero-order chi connectivity index (χ0) is 21.8. The summed E-state index contributed by atoms with van der Waals surface area (Å²) in [6.45, 7) is 4.00. The Morgan fingerprint density at radius 1 is 0.968 bits per heavy atom. The van der Waals surface area contributed by atoms with E-state index in [4.69, 9.17) is 0 Å².